The van der Waals surface area contributed by atoms with Crippen molar-refractivity contribution in [2.75, 3.05) is 0 Å². The Morgan fingerprint density at radius 1 is 1.12 bits per heavy atom. The minimum absolute atomic E-state index is 0.197. The second-order valence-electron chi connectivity index (χ2n) is 6.23. The van der Waals surface area contributed by atoms with Crippen LogP contribution < -0.4 is 11.3 Å². The highest BCUT2D eigenvalue weighted by Gasteiger charge is 2.36. The van der Waals surface area contributed by atoms with Gasteiger partial charge in [-0.3, -0.25) is 4.79 Å². The third-order valence-corrected chi connectivity index (χ3v) is 4.46. The van der Waals surface area contributed by atoms with Gasteiger partial charge >= 0.3 is 0 Å². The fourth-order valence-electron chi connectivity index (χ4n) is 3.05. The number of nitrogens with two attached hydrogens (primary N) is 1. The molecular weight excluding hydrogens is 325 g/mol. The molecule has 2 N–H and O–H groups in total. The molecule has 1 aliphatic rings. The standard InChI is InChI=1S/C17H16FN5O2/c18-11-3-5-12(6-4-11)23-14(24)8-7-13(21-23)15-20-16(22-25-15)17(19)9-1-2-10-17/h3-8H,1-2,9-10,19H2. The van der Waals surface area contributed by atoms with Gasteiger partial charge in [-0.05, 0) is 43.2 Å². The van der Waals surface area contributed by atoms with Crippen LogP contribution in [0.3, 0.4) is 0 Å². The molecule has 2 heterocycles. The molecule has 25 heavy (non-hydrogen) atoms. The number of hydrogen-bond acceptors (Lipinski definition) is 6. The van der Waals surface area contributed by atoms with E-state index in [4.69, 9.17) is 10.3 Å². The minimum Gasteiger partial charge on any atom is -0.332 e. The lowest BCUT2D eigenvalue weighted by molar-refractivity contribution is 0.372. The monoisotopic (exact) mass is 341 g/mol. The summed E-state index contributed by atoms with van der Waals surface area (Å²) in [7, 11) is 0. The summed E-state index contributed by atoms with van der Waals surface area (Å²) in [6.45, 7) is 0. The van der Waals surface area contributed by atoms with Gasteiger partial charge in [0.1, 0.15) is 11.5 Å². The number of halogens is 1. The van der Waals surface area contributed by atoms with Gasteiger partial charge in [-0.25, -0.2) is 4.39 Å². The molecule has 1 saturated carbocycles. The van der Waals surface area contributed by atoms with Crippen molar-refractivity contribution < 1.29 is 8.91 Å². The topological polar surface area (TPSA) is 99.8 Å². The number of benzene rings is 1. The summed E-state index contributed by atoms with van der Waals surface area (Å²) in [5, 5.41) is 8.24. The first kappa shape index (κ1) is 15.6. The number of aromatic nitrogens is 4. The van der Waals surface area contributed by atoms with Crippen LogP contribution in [0.4, 0.5) is 4.39 Å². The molecule has 0 saturated heterocycles. The van der Waals surface area contributed by atoms with Crippen LogP contribution in [0.1, 0.15) is 31.5 Å². The van der Waals surface area contributed by atoms with Crippen molar-refractivity contribution in [3.63, 3.8) is 0 Å². The maximum absolute atomic E-state index is 13.1. The van der Waals surface area contributed by atoms with Crippen molar-refractivity contribution in [1.29, 1.82) is 0 Å². The minimum atomic E-state index is -0.562. The first-order chi connectivity index (χ1) is 12.0. The van der Waals surface area contributed by atoms with Crippen LogP contribution in [0, 0.1) is 5.82 Å². The first-order valence-corrected chi connectivity index (χ1v) is 8.05. The highest BCUT2D eigenvalue weighted by Crippen LogP contribution is 2.35. The molecule has 8 heteroatoms. The summed E-state index contributed by atoms with van der Waals surface area (Å²) in [4.78, 5) is 16.4. The van der Waals surface area contributed by atoms with Crippen molar-refractivity contribution in [2.24, 2.45) is 5.73 Å². The van der Waals surface area contributed by atoms with E-state index in [0.29, 0.717) is 17.2 Å². The fraction of sp³-hybridized carbons (Fsp3) is 0.294. The molecule has 1 fully saturated rings. The smallest absolute Gasteiger partial charge is 0.278 e. The summed E-state index contributed by atoms with van der Waals surface area (Å²) < 4.78 is 19.5. The summed E-state index contributed by atoms with van der Waals surface area (Å²) >= 11 is 0. The predicted molar refractivity (Wildman–Crippen MR) is 87.4 cm³/mol. The van der Waals surface area contributed by atoms with E-state index in [9.17, 15) is 9.18 Å². The first-order valence-electron chi connectivity index (χ1n) is 8.05. The van der Waals surface area contributed by atoms with Gasteiger partial charge < -0.3 is 10.3 Å². The lowest BCUT2D eigenvalue weighted by Gasteiger charge is -2.17. The zero-order chi connectivity index (χ0) is 17.4. The molecule has 0 spiro atoms. The summed E-state index contributed by atoms with van der Waals surface area (Å²) in [5.41, 5.74) is 6.22. The Kier molecular flexibility index (Phi) is 3.69. The molecule has 0 aliphatic heterocycles. The Bertz CT molecular complexity index is 958. The molecule has 0 atom stereocenters. The van der Waals surface area contributed by atoms with Crippen molar-refractivity contribution in [3.8, 4) is 17.3 Å². The van der Waals surface area contributed by atoms with Crippen LogP contribution in [0.15, 0.2) is 45.7 Å². The number of rotatable bonds is 3. The molecule has 3 aromatic rings. The third-order valence-electron chi connectivity index (χ3n) is 4.46. The Hall–Kier alpha value is -2.87. The molecular formula is C17H16FN5O2. The summed E-state index contributed by atoms with van der Waals surface area (Å²) in [6, 6.07) is 8.33. The van der Waals surface area contributed by atoms with E-state index in [1.165, 1.54) is 36.4 Å². The largest absolute Gasteiger partial charge is 0.332 e. The molecule has 4 rings (SSSR count). The van der Waals surface area contributed by atoms with Gasteiger partial charge in [0.05, 0.1) is 11.2 Å². The van der Waals surface area contributed by atoms with Crippen LogP contribution in [0.5, 0.6) is 0 Å². The second kappa shape index (κ2) is 5.89. The summed E-state index contributed by atoms with van der Waals surface area (Å²) in [5.74, 6) is 0.267. The normalized spacial score (nSPS) is 16.2. The Labute approximate surface area is 142 Å². The molecule has 1 aliphatic carbocycles. The average Bonchev–Trinajstić information content (AvgIpc) is 3.26. The number of nitrogens with zero attached hydrogens (tertiary/aromatic N) is 4. The second-order valence-corrected chi connectivity index (χ2v) is 6.23. The molecule has 0 radical (unpaired) electrons. The molecule has 1 aromatic carbocycles. The van der Waals surface area contributed by atoms with Crippen LogP contribution in [0.25, 0.3) is 17.3 Å². The molecule has 0 amide bonds. The van der Waals surface area contributed by atoms with Crippen LogP contribution >= 0.6 is 0 Å². The van der Waals surface area contributed by atoms with Gasteiger partial charge in [-0.1, -0.05) is 18.0 Å². The zero-order valence-electron chi connectivity index (χ0n) is 13.4. The lowest BCUT2D eigenvalue weighted by Crippen LogP contribution is -2.34. The van der Waals surface area contributed by atoms with Crippen molar-refractivity contribution in [1.82, 2.24) is 19.9 Å². The SMILES string of the molecule is NC1(c2noc(-c3ccc(=O)n(-c4ccc(F)cc4)n3)n2)CCCC1. The van der Waals surface area contributed by atoms with E-state index in [0.717, 1.165) is 30.4 Å². The Morgan fingerprint density at radius 2 is 1.84 bits per heavy atom. The van der Waals surface area contributed by atoms with Crippen LogP contribution in [0.2, 0.25) is 0 Å². The predicted octanol–water partition coefficient (Wildman–Crippen LogP) is 2.15. The molecule has 0 unspecified atom stereocenters. The van der Waals surface area contributed by atoms with E-state index in [1.807, 2.05) is 0 Å². The van der Waals surface area contributed by atoms with Gasteiger partial charge in [0.25, 0.3) is 11.4 Å². The highest BCUT2D eigenvalue weighted by molar-refractivity contribution is 5.46. The highest BCUT2D eigenvalue weighted by atomic mass is 19.1. The van der Waals surface area contributed by atoms with Crippen molar-refractivity contribution in [2.45, 2.75) is 31.2 Å². The molecule has 7 nitrogen and oxygen atoms in total. The molecule has 0 bridgehead atoms. The molecule has 128 valence electrons. The van der Waals surface area contributed by atoms with Crippen molar-refractivity contribution >= 4 is 0 Å². The Balaban J connectivity index is 1.72. The maximum Gasteiger partial charge on any atom is 0.278 e. The fourth-order valence-corrected chi connectivity index (χ4v) is 3.05. The van der Waals surface area contributed by atoms with Gasteiger partial charge in [-0.2, -0.15) is 14.8 Å². The Morgan fingerprint density at radius 3 is 2.56 bits per heavy atom. The van der Waals surface area contributed by atoms with Gasteiger partial charge in [0, 0.05) is 6.07 Å². The van der Waals surface area contributed by atoms with E-state index in [-0.39, 0.29) is 17.3 Å². The van der Waals surface area contributed by atoms with Crippen LogP contribution in [-0.4, -0.2) is 19.9 Å². The summed E-state index contributed by atoms with van der Waals surface area (Å²) in [6.07, 6.45) is 3.70. The van der Waals surface area contributed by atoms with Gasteiger partial charge in [-0.15, -0.1) is 0 Å². The third kappa shape index (κ3) is 2.85. The van der Waals surface area contributed by atoms with Crippen molar-refractivity contribution in [3.05, 3.63) is 58.4 Å². The molecule has 2 aromatic heterocycles. The van der Waals surface area contributed by atoms with E-state index in [2.05, 4.69) is 15.2 Å². The van der Waals surface area contributed by atoms with Crippen LogP contribution in [-0.2, 0) is 5.54 Å². The maximum atomic E-state index is 13.1. The number of hydrogen-bond donors (Lipinski definition) is 1. The van der Waals surface area contributed by atoms with E-state index < -0.39 is 5.54 Å². The average molecular weight is 341 g/mol. The van der Waals surface area contributed by atoms with Gasteiger partial charge in [0.15, 0.2) is 5.82 Å². The van der Waals surface area contributed by atoms with E-state index >= 15 is 0 Å². The van der Waals surface area contributed by atoms with Gasteiger partial charge in [0.2, 0.25) is 0 Å². The quantitative estimate of drug-likeness (QED) is 0.783. The lowest BCUT2D eigenvalue weighted by atomic mass is 9.99. The zero-order valence-corrected chi connectivity index (χ0v) is 13.4. The van der Waals surface area contributed by atoms with E-state index in [1.54, 1.807) is 0 Å².